The number of hydrogen-bond acceptors (Lipinski definition) is 6. The number of aliphatic carboxylic acids is 1. The van der Waals surface area contributed by atoms with Crippen molar-refractivity contribution in [1.29, 1.82) is 0 Å². The van der Waals surface area contributed by atoms with Crippen molar-refractivity contribution in [3.63, 3.8) is 0 Å². The number of rotatable bonds is 9. The highest BCUT2D eigenvalue weighted by Crippen LogP contribution is 2.36. The Labute approximate surface area is 237 Å². The number of aromatic nitrogens is 1. The Morgan fingerprint density at radius 1 is 0.951 bits per heavy atom. The first-order valence-electron chi connectivity index (χ1n) is 13.7. The number of phenols is 1. The Bertz CT molecular complexity index is 1590. The second-order valence-electron chi connectivity index (χ2n) is 10.5. The average Bonchev–Trinajstić information content (AvgIpc) is 3.00. The van der Waals surface area contributed by atoms with Crippen molar-refractivity contribution in [2.45, 2.75) is 30.8 Å². The Morgan fingerprint density at radius 3 is 2.34 bits per heavy atom. The molecule has 0 bridgehead atoms. The number of amides is 1. The predicted octanol–water partition coefficient (Wildman–Crippen LogP) is 3.36. The molecule has 1 fully saturated rings. The first-order valence-corrected chi connectivity index (χ1v) is 13.7. The maximum Gasteiger partial charge on any atom is 0.314 e. The molecule has 1 amide bonds. The third-order valence-corrected chi connectivity index (χ3v) is 8.03. The molecule has 1 aliphatic rings. The van der Waals surface area contributed by atoms with Gasteiger partial charge in [0.05, 0.1) is 17.0 Å². The van der Waals surface area contributed by atoms with E-state index in [0.29, 0.717) is 60.9 Å². The third-order valence-electron chi connectivity index (χ3n) is 8.03. The minimum Gasteiger partial charge on any atom is -0.506 e. The average molecular weight is 556 g/mol. The maximum absolute atomic E-state index is 13.1. The summed E-state index contributed by atoms with van der Waals surface area (Å²) in [5.74, 6) is -1.01. The van der Waals surface area contributed by atoms with Crippen molar-refractivity contribution in [3.05, 3.63) is 111 Å². The number of likely N-dealkylation sites (tertiary alicyclic amines) is 1. The predicted molar refractivity (Wildman–Crippen MR) is 155 cm³/mol. The van der Waals surface area contributed by atoms with Gasteiger partial charge in [0.1, 0.15) is 5.75 Å². The fraction of sp³-hybridized carbons (Fsp3) is 0.281. The third kappa shape index (κ3) is 5.86. The van der Waals surface area contributed by atoms with Crippen LogP contribution in [0.15, 0.2) is 83.7 Å². The van der Waals surface area contributed by atoms with Crippen LogP contribution < -0.4 is 10.9 Å². The van der Waals surface area contributed by atoms with E-state index >= 15 is 0 Å². The largest absolute Gasteiger partial charge is 0.506 e. The van der Waals surface area contributed by atoms with E-state index in [-0.39, 0.29) is 23.8 Å². The number of hydrogen-bond donors (Lipinski definition) is 5. The fourth-order valence-corrected chi connectivity index (χ4v) is 5.60. The zero-order valence-corrected chi connectivity index (χ0v) is 22.5. The van der Waals surface area contributed by atoms with Crippen LogP contribution in [0.2, 0.25) is 0 Å². The summed E-state index contributed by atoms with van der Waals surface area (Å²) in [6, 6.07) is 22.7. The molecule has 212 valence electrons. The van der Waals surface area contributed by atoms with Crippen LogP contribution in [0.4, 0.5) is 0 Å². The quantitative estimate of drug-likeness (QED) is 0.199. The molecule has 0 spiro atoms. The molecular weight excluding hydrogens is 522 g/mol. The lowest BCUT2D eigenvalue weighted by Crippen LogP contribution is -2.49. The number of carboxylic acids is 1. The summed E-state index contributed by atoms with van der Waals surface area (Å²) in [4.78, 5) is 41.3. The maximum atomic E-state index is 13.1. The second kappa shape index (κ2) is 12.0. The number of aliphatic hydroxyl groups is 1. The van der Waals surface area contributed by atoms with E-state index in [1.54, 1.807) is 29.2 Å². The van der Waals surface area contributed by atoms with Gasteiger partial charge in [0.15, 0.2) is 0 Å². The number of nitrogens with one attached hydrogen (secondary N) is 2. The lowest BCUT2D eigenvalue weighted by atomic mass is 9.73. The zero-order chi connectivity index (χ0) is 29.0. The van der Waals surface area contributed by atoms with Crippen LogP contribution in [0.5, 0.6) is 5.75 Å². The van der Waals surface area contributed by atoms with Crippen molar-refractivity contribution >= 4 is 22.8 Å². The van der Waals surface area contributed by atoms with Gasteiger partial charge < -0.3 is 30.5 Å². The lowest BCUT2D eigenvalue weighted by molar-refractivity contribution is -0.145. The molecule has 9 nitrogen and oxygen atoms in total. The van der Waals surface area contributed by atoms with Gasteiger partial charge in [-0.3, -0.25) is 14.4 Å². The van der Waals surface area contributed by atoms with Gasteiger partial charge in [-0.15, -0.1) is 0 Å². The molecule has 41 heavy (non-hydrogen) atoms. The second-order valence-corrected chi connectivity index (χ2v) is 10.5. The monoisotopic (exact) mass is 555 g/mol. The minimum atomic E-state index is -0.975. The van der Waals surface area contributed by atoms with E-state index in [1.807, 2.05) is 42.5 Å². The van der Waals surface area contributed by atoms with Crippen LogP contribution >= 0.6 is 0 Å². The molecular formula is C32H33N3O6. The highest BCUT2D eigenvalue weighted by molar-refractivity contribution is 5.94. The van der Waals surface area contributed by atoms with Crippen LogP contribution in [-0.2, 0) is 16.6 Å². The van der Waals surface area contributed by atoms with Gasteiger partial charge in [0.2, 0.25) is 5.56 Å². The first kappa shape index (κ1) is 28.1. The van der Waals surface area contributed by atoms with Gasteiger partial charge in [-0.2, -0.15) is 0 Å². The van der Waals surface area contributed by atoms with Crippen LogP contribution in [0.1, 0.15) is 46.0 Å². The van der Waals surface area contributed by atoms with E-state index < -0.39 is 17.5 Å². The molecule has 0 saturated carbocycles. The molecule has 1 saturated heterocycles. The molecule has 4 aromatic rings. The lowest BCUT2D eigenvalue weighted by Gasteiger charge is -2.39. The number of carbonyl (C=O) groups is 2. The van der Waals surface area contributed by atoms with E-state index in [4.69, 9.17) is 0 Å². The van der Waals surface area contributed by atoms with Gasteiger partial charge >= 0.3 is 5.97 Å². The number of carboxylic acid groups (broad SMARTS) is 1. The Morgan fingerprint density at radius 2 is 1.66 bits per heavy atom. The molecule has 1 unspecified atom stereocenters. The summed E-state index contributed by atoms with van der Waals surface area (Å²) in [6.07, 6.45) is 0.583. The number of benzene rings is 3. The molecule has 1 aromatic heterocycles. The van der Waals surface area contributed by atoms with E-state index in [0.717, 1.165) is 11.1 Å². The summed E-state index contributed by atoms with van der Waals surface area (Å²) >= 11 is 0. The SMILES string of the molecule is O=C(c1ccc(CCNCC(O)c2ccc(O)c3[nH]c(=O)ccc23)cc1)N1CCC(C(=O)O)(c2ccccc2)CC1. The summed E-state index contributed by atoms with van der Waals surface area (Å²) < 4.78 is 0. The molecule has 5 N–H and O–H groups in total. The molecule has 3 aromatic carbocycles. The number of aromatic hydroxyl groups is 1. The van der Waals surface area contributed by atoms with Crippen molar-refractivity contribution in [2.75, 3.05) is 26.2 Å². The summed E-state index contributed by atoms with van der Waals surface area (Å²) in [5, 5.41) is 34.6. The van der Waals surface area contributed by atoms with E-state index in [9.17, 15) is 29.7 Å². The Kier molecular flexibility index (Phi) is 8.19. The van der Waals surface area contributed by atoms with Gasteiger partial charge in [0.25, 0.3) is 5.91 Å². The van der Waals surface area contributed by atoms with Gasteiger partial charge in [-0.25, -0.2) is 0 Å². The summed E-state index contributed by atoms with van der Waals surface area (Å²) in [7, 11) is 0. The number of aromatic amines is 1. The van der Waals surface area contributed by atoms with E-state index in [2.05, 4.69) is 10.3 Å². The molecule has 1 atom stereocenters. The first-order chi connectivity index (χ1) is 19.8. The van der Waals surface area contributed by atoms with E-state index in [1.165, 1.54) is 12.1 Å². The molecule has 1 aliphatic heterocycles. The highest BCUT2D eigenvalue weighted by atomic mass is 16.4. The van der Waals surface area contributed by atoms with Crippen molar-refractivity contribution in [1.82, 2.24) is 15.2 Å². The molecule has 0 radical (unpaired) electrons. The van der Waals surface area contributed by atoms with Gasteiger partial charge in [-0.05, 0) is 66.8 Å². The number of fused-ring (bicyclic) bond motifs is 1. The topological polar surface area (TPSA) is 143 Å². The van der Waals surface area contributed by atoms with Crippen LogP contribution in [0.3, 0.4) is 0 Å². The molecule has 0 aliphatic carbocycles. The Balaban J connectivity index is 1.13. The van der Waals surface area contributed by atoms with Crippen LogP contribution in [-0.4, -0.2) is 63.3 Å². The number of piperidine rings is 1. The zero-order valence-electron chi connectivity index (χ0n) is 22.5. The van der Waals surface area contributed by atoms with Gasteiger partial charge in [0, 0.05) is 36.7 Å². The number of aliphatic hydroxyl groups excluding tert-OH is 1. The van der Waals surface area contributed by atoms with Crippen LogP contribution in [0, 0.1) is 0 Å². The standard InChI is InChI=1S/C32H33N3O6/c36-26-12-10-24(25-11-13-28(38)34-29(25)26)27(37)20-33-17-14-21-6-8-22(9-7-21)30(39)35-18-15-32(16-19-35,31(40)41)23-4-2-1-3-5-23/h1-13,27,33,36-37H,14-20H2,(H,34,38)(H,40,41). The number of carbonyl (C=O) groups excluding carboxylic acids is 1. The minimum absolute atomic E-state index is 0.0515. The van der Waals surface area contributed by atoms with Crippen molar-refractivity contribution in [3.8, 4) is 5.75 Å². The van der Waals surface area contributed by atoms with Crippen molar-refractivity contribution in [2.24, 2.45) is 0 Å². The molecule has 9 heteroatoms. The number of nitrogens with zero attached hydrogens (tertiary/aromatic N) is 1. The number of phenolic OH excluding ortho intramolecular Hbond substituents is 1. The normalized spacial score (nSPS) is 15.5. The molecule has 5 rings (SSSR count). The summed E-state index contributed by atoms with van der Waals surface area (Å²) in [5.41, 5.74) is 1.97. The fourth-order valence-electron chi connectivity index (χ4n) is 5.60. The summed E-state index contributed by atoms with van der Waals surface area (Å²) in [6.45, 7) is 1.63. The molecule has 2 heterocycles. The highest BCUT2D eigenvalue weighted by Gasteiger charge is 2.43. The Hall–Kier alpha value is -4.47. The van der Waals surface area contributed by atoms with Crippen molar-refractivity contribution < 1.29 is 24.9 Å². The van der Waals surface area contributed by atoms with Gasteiger partial charge in [-0.1, -0.05) is 48.5 Å². The smallest absolute Gasteiger partial charge is 0.314 e. The van der Waals surface area contributed by atoms with Crippen LogP contribution in [0.25, 0.3) is 10.9 Å². The number of pyridine rings is 1. The number of H-pyrrole nitrogens is 1.